The number of aryl methyl sites for hydroxylation is 1. The summed E-state index contributed by atoms with van der Waals surface area (Å²) in [6.07, 6.45) is 0. The van der Waals surface area contributed by atoms with Crippen molar-refractivity contribution in [3.05, 3.63) is 59.2 Å². The molecule has 0 bridgehead atoms. The molecule has 104 valence electrons. The Labute approximate surface area is 118 Å². The molecule has 0 amide bonds. The minimum Gasteiger partial charge on any atom is -0.478 e. The second kappa shape index (κ2) is 5.78. The van der Waals surface area contributed by atoms with Crippen LogP contribution in [0.5, 0.6) is 11.5 Å². The van der Waals surface area contributed by atoms with Crippen molar-refractivity contribution in [3.8, 4) is 11.5 Å². The molecule has 0 aliphatic rings. The molecule has 1 N–H and O–H groups in total. The first-order chi connectivity index (χ1) is 9.47. The first kappa shape index (κ1) is 14.1. The molecule has 0 radical (unpaired) electrons. The molecular weight excluding hydrogens is 252 g/mol. The van der Waals surface area contributed by atoms with E-state index in [-0.39, 0.29) is 5.56 Å². The van der Waals surface area contributed by atoms with Crippen LogP contribution >= 0.6 is 0 Å². The van der Waals surface area contributed by atoms with Crippen LogP contribution in [0.4, 0.5) is 0 Å². The van der Waals surface area contributed by atoms with Crippen LogP contribution in [-0.4, -0.2) is 11.1 Å². The molecule has 0 fully saturated rings. The Bertz CT molecular complexity index is 630. The van der Waals surface area contributed by atoms with Gasteiger partial charge in [-0.2, -0.15) is 0 Å². The van der Waals surface area contributed by atoms with E-state index in [1.54, 1.807) is 18.2 Å². The number of aromatic carboxylic acids is 1. The summed E-state index contributed by atoms with van der Waals surface area (Å²) in [6, 6.07) is 12.6. The lowest BCUT2D eigenvalue weighted by Crippen LogP contribution is -1.97. The number of hydrogen-bond donors (Lipinski definition) is 1. The third kappa shape index (κ3) is 3.18. The predicted octanol–water partition coefficient (Wildman–Crippen LogP) is 4.61. The van der Waals surface area contributed by atoms with Crippen molar-refractivity contribution < 1.29 is 14.6 Å². The number of ether oxygens (including phenoxy) is 1. The van der Waals surface area contributed by atoms with Gasteiger partial charge in [-0.15, -0.1) is 0 Å². The minimum absolute atomic E-state index is 0.221. The van der Waals surface area contributed by atoms with E-state index in [0.29, 0.717) is 11.7 Å². The molecule has 0 atom stereocenters. The van der Waals surface area contributed by atoms with E-state index < -0.39 is 5.97 Å². The summed E-state index contributed by atoms with van der Waals surface area (Å²) in [6.45, 7) is 6.28. The average Bonchev–Trinajstić information content (AvgIpc) is 2.41. The van der Waals surface area contributed by atoms with Gasteiger partial charge in [0.25, 0.3) is 0 Å². The molecular formula is C17H18O3. The van der Waals surface area contributed by atoms with Gasteiger partial charge in [0.2, 0.25) is 0 Å². The minimum atomic E-state index is -0.956. The monoisotopic (exact) mass is 270 g/mol. The molecule has 0 aliphatic heterocycles. The van der Waals surface area contributed by atoms with Gasteiger partial charge in [-0.25, -0.2) is 4.79 Å². The lowest BCUT2D eigenvalue weighted by Gasteiger charge is -2.12. The maximum atomic E-state index is 10.9. The van der Waals surface area contributed by atoms with Gasteiger partial charge in [0.05, 0.1) is 5.56 Å². The second-order valence-electron chi connectivity index (χ2n) is 5.11. The number of carboxylic acids is 1. The van der Waals surface area contributed by atoms with Gasteiger partial charge in [0, 0.05) is 0 Å². The van der Waals surface area contributed by atoms with Crippen LogP contribution < -0.4 is 4.74 Å². The molecule has 2 aromatic carbocycles. The smallest absolute Gasteiger partial charge is 0.335 e. The van der Waals surface area contributed by atoms with E-state index in [1.807, 2.05) is 19.1 Å². The number of carbonyl (C=O) groups is 1. The van der Waals surface area contributed by atoms with Gasteiger partial charge >= 0.3 is 5.97 Å². The lowest BCUT2D eigenvalue weighted by molar-refractivity contribution is 0.0696. The van der Waals surface area contributed by atoms with Crippen molar-refractivity contribution in [2.45, 2.75) is 26.7 Å². The Hall–Kier alpha value is -2.29. The molecule has 0 aliphatic carbocycles. The molecule has 2 rings (SSSR count). The van der Waals surface area contributed by atoms with E-state index in [0.717, 1.165) is 11.3 Å². The van der Waals surface area contributed by atoms with Crippen LogP contribution in [0.3, 0.4) is 0 Å². The van der Waals surface area contributed by atoms with Crippen molar-refractivity contribution in [1.82, 2.24) is 0 Å². The van der Waals surface area contributed by atoms with E-state index in [4.69, 9.17) is 9.84 Å². The highest BCUT2D eigenvalue weighted by molar-refractivity contribution is 5.88. The van der Waals surface area contributed by atoms with Gasteiger partial charge in [-0.3, -0.25) is 0 Å². The van der Waals surface area contributed by atoms with Crippen molar-refractivity contribution in [1.29, 1.82) is 0 Å². The maximum absolute atomic E-state index is 10.9. The quantitative estimate of drug-likeness (QED) is 0.882. The fraction of sp³-hybridized carbons (Fsp3) is 0.235. The van der Waals surface area contributed by atoms with E-state index in [1.165, 1.54) is 11.6 Å². The van der Waals surface area contributed by atoms with Gasteiger partial charge in [0.15, 0.2) is 0 Å². The van der Waals surface area contributed by atoms with Crippen molar-refractivity contribution >= 4 is 5.97 Å². The van der Waals surface area contributed by atoms with Crippen LogP contribution in [0, 0.1) is 6.92 Å². The normalized spacial score (nSPS) is 10.6. The summed E-state index contributed by atoms with van der Waals surface area (Å²) in [5.74, 6) is 0.794. The Balaban J connectivity index is 2.26. The largest absolute Gasteiger partial charge is 0.478 e. The topological polar surface area (TPSA) is 46.5 Å². The number of benzene rings is 2. The second-order valence-corrected chi connectivity index (χ2v) is 5.11. The Morgan fingerprint density at radius 2 is 1.90 bits per heavy atom. The molecule has 0 unspecified atom stereocenters. The highest BCUT2D eigenvalue weighted by atomic mass is 16.5. The molecule has 2 aromatic rings. The van der Waals surface area contributed by atoms with E-state index >= 15 is 0 Å². The highest BCUT2D eigenvalue weighted by Gasteiger charge is 2.07. The first-order valence-electron chi connectivity index (χ1n) is 6.59. The van der Waals surface area contributed by atoms with Crippen LogP contribution in [-0.2, 0) is 0 Å². The average molecular weight is 270 g/mol. The lowest BCUT2D eigenvalue weighted by atomic mass is 10.0. The number of carboxylic acid groups (broad SMARTS) is 1. The summed E-state index contributed by atoms with van der Waals surface area (Å²) >= 11 is 0. The van der Waals surface area contributed by atoms with Gasteiger partial charge in [-0.05, 0) is 48.2 Å². The predicted molar refractivity (Wildman–Crippen MR) is 78.7 cm³/mol. The molecule has 3 heteroatoms. The maximum Gasteiger partial charge on any atom is 0.335 e. The summed E-state index contributed by atoms with van der Waals surface area (Å²) < 4.78 is 5.77. The molecule has 0 spiro atoms. The zero-order valence-corrected chi connectivity index (χ0v) is 11.9. The van der Waals surface area contributed by atoms with Crippen molar-refractivity contribution in [2.75, 3.05) is 0 Å². The standard InChI is InChI=1S/C17H18O3/c1-11(2)13-7-8-16(12(3)9-13)20-15-6-4-5-14(10-15)17(18)19/h4-11H,1-3H3,(H,18,19). The zero-order chi connectivity index (χ0) is 14.7. The van der Waals surface area contributed by atoms with Gasteiger partial charge in [0.1, 0.15) is 11.5 Å². The first-order valence-corrected chi connectivity index (χ1v) is 6.59. The van der Waals surface area contributed by atoms with Crippen LogP contribution in [0.2, 0.25) is 0 Å². The van der Waals surface area contributed by atoms with Gasteiger partial charge < -0.3 is 9.84 Å². The molecule has 0 heterocycles. The molecule has 0 aromatic heterocycles. The fourth-order valence-corrected chi connectivity index (χ4v) is 1.97. The van der Waals surface area contributed by atoms with Crippen molar-refractivity contribution in [3.63, 3.8) is 0 Å². The van der Waals surface area contributed by atoms with Crippen molar-refractivity contribution in [2.24, 2.45) is 0 Å². The SMILES string of the molecule is Cc1cc(C(C)C)ccc1Oc1cccc(C(=O)O)c1. The fourth-order valence-electron chi connectivity index (χ4n) is 1.97. The molecule has 0 saturated carbocycles. The third-order valence-electron chi connectivity index (χ3n) is 3.17. The summed E-state index contributed by atoms with van der Waals surface area (Å²) in [5.41, 5.74) is 2.52. The van der Waals surface area contributed by atoms with Crippen LogP contribution in [0.1, 0.15) is 41.3 Å². The Morgan fingerprint density at radius 1 is 1.15 bits per heavy atom. The van der Waals surface area contributed by atoms with Crippen LogP contribution in [0.15, 0.2) is 42.5 Å². The third-order valence-corrected chi connectivity index (χ3v) is 3.17. The zero-order valence-electron chi connectivity index (χ0n) is 11.9. The molecule has 0 saturated heterocycles. The Kier molecular flexibility index (Phi) is 4.08. The van der Waals surface area contributed by atoms with Gasteiger partial charge in [-0.1, -0.05) is 32.0 Å². The highest BCUT2D eigenvalue weighted by Crippen LogP contribution is 2.28. The molecule has 3 nitrogen and oxygen atoms in total. The van der Waals surface area contributed by atoms with E-state index in [2.05, 4.69) is 19.9 Å². The van der Waals surface area contributed by atoms with E-state index in [9.17, 15) is 4.79 Å². The summed E-state index contributed by atoms with van der Waals surface area (Å²) in [5, 5.41) is 8.97. The number of hydrogen-bond acceptors (Lipinski definition) is 2. The molecule has 20 heavy (non-hydrogen) atoms. The number of rotatable bonds is 4. The Morgan fingerprint density at radius 3 is 2.50 bits per heavy atom. The van der Waals surface area contributed by atoms with Crippen LogP contribution in [0.25, 0.3) is 0 Å². The summed E-state index contributed by atoms with van der Waals surface area (Å²) in [7, 11) is 0. The summed E-state index contributed by atoms with van der Waals surface area (Å²) in [4.78, 5) is 10.9.